The van der Waals surface area contributed by atoms with Gasteiger partial charge in [-0.1, -0.05) is 0 Å². The highest BCUT2D eigenvalue weighted by Crippen LogP contribution is 2.44. The Kier molecular flexibility index (Phi) is 2.65. The SMILES string of the molecule is O=C1Nc2cc(Br)c(F)cc2N2CCc3sccc3C12. The third-order valence-electron chi connectivity index (χ3n) is 3.82. The van der Waals surface area contributed by atoms with Gasteiger partial charge in [-0.25, -0.2) is 4.39 Å². The maximum atomic E-state index is 13.8. The molecule has 102 valence electrons. The average Bonchev–Trinajstić information content (AvgIpc) is 2.89. The molecular weight excluding hydrogens is 343 g/mol. The van der Waals surface area contributed by atoms with E-state index in [4.69, 9.17) is 0 Å². The molecule has 0 saturated carbocycles. The van der Waals surface area contributed by atoms with Gasteiger partial charge in [0.2, 0.25) is 0 Å². The summed E-state index contributed by atoms with van der Waals surface area (Å²) in [6, 6.07) is 4.78. The Hall–Kier alpha value is -1.40. The number of fused-ring (bicyclic) bond motifs is 5. The Bertz CT molecular complexity index is 730. The first-order chi connectivity index (χ1) is 9.65. The highest BCUT2D eigenvalue weighted by molar-refractivity contribution is 9.10. The van der Waals surface area contributed by atoms with Crippen molar-refractivity contribution in [2.24, 2.45) is 0 Å². The predicted molar refractivity (Wildman–Crippen MR) is 80.8 cm³/mol. The number of halogens is 2. The van der Waals surface area contributed by atoms with Crippen LogP contribution in [0.4, 0.5) is 15.8 Å². The van der Waals surface area contributed by atoms with Crippen LogP contribution in [-0.4, -0.2) is 12.5 Å². The van der Waals surface area contributed by atoms with Crippen LogP contribution >= 0.6 is 27.3 Å². The van der Waals surface area contributed by atoms with Gasteiger partial charge in [0.05, 0.1) is 15.8 Å². The standard InChI is InChI=1S/C14H10BrFN2OS/c15-8-5-10-11(6-9(8)16)18-3-1-12-7(2-4-20-12)13(18)14(19)17-10/h2,4-6,13H,1,3H2,(H,17,19). The van der Waals surface area contributed by atoms with Gasteiger partial charge in [-0.3, -0.25) is 4.79 Å². The molecule has 1 unspecified atom stereocenters. The molecule has 2 aromatic rings. The van der Waals surface area contributed by atoms with Gasteiger partial charge in [0, 0.05) is 17.5 Å². The molecule has 1 atom stereocenters. The summed E-state index contributed by atoms with van der Waals surface area (Å²) in [4.78, 5) is 15.6. The lowest BCUT2D eigenvalue weighted by molar-refractivity contribution is -0.117. The van der Waals surface area contributed by atoms with E-state index >= 15 is 0 Å². The normalized spacial score (nSPS) is 20.0. The predicted octanol–water partition coefficient (Wildman–Crippen LogP) is 3.71. The zero-order valence-corrected chi connectivity index (χ0v) is 12.7. The molecule has 1 N–H and O–H groups in total. The van der Waals surface area contributed by atoms with E-state index in [0.717, 1.165) is 24.2 Å². The van der Waals surface area contributed by atoms with E-state index in [9.17, 15) is 9.18 Å². The molecule has 1 amide bonds. The number of nitrogens with zero attached hydrogens (tertiary/aromatic N) is 1. The Labute approximate surface area is 127 Å². The Morgan fingerprint density at radius 3 is 3.15 bits per heavy atom. The Balaban J connectivity index is 1.89. The van der Waals surface area contributed by atoms with E-state index in [1.165, 1.54) is 10.9 Å². The van der Waals surface area contributed by atoms with Crippen LogP contribution in [0.1, 0.15) is 16.5 Å². The fraction of sp³-hybridized carbons (Fsp3) is 0.214. The third kappa shape index (κ3) is 1.64. The van der Waals surface area contributed by atoms with E-state index in [0.29, 0.717) is 10.2 Å². The zero-order valence-electron chi connectivity index (χ0n) is 10.3. The molecule has 0 aliphatic carbocycles. The molecule has 0 radical (unpaired) electrons. The van der Waals surface area contributed by atoms with Crippen LogP contribution < -0.4 is 10.2 Å². The monoisotopic (exact) mass is 352 g/mol. The van der Waals surface area contributed by atoms with Gasteiger partial charge >= 0.3 is 0 Å². The number of carbonyl (C=O) groups excluding carboxylic acids is 1. The summed E-state index contributed by atoms with van der Waals surface area (Å²) in [7, 11) is 0. The summed E-state index contributed by atoms with van der Waals surface area (Å²) in [6.07, 6.45) is 0.897. The second kappa shape index (κ2) is 4.30. The van der Waals surface area contributed by atoms with Crippen molar-refractivity contribution in [2.45, 2.75) is 12.5 Å². The van der Waals surface area contributed by atoms with Gasteiger partial charge in [-0.2, -0.15) is 0 Å². The summed E-state index contributed by atoms with van der Waals surface area (Å²) in [5.41, 5.74) is 2.47. The van der Waals surface area contributed by atoms with Crippen LogP contribution in [-0.2, 0) is 11.2 Å². The van der Waals surface area contributed by atoms with E-state index in [1.807, 2.05) is 16.3 Å². The number of anilines is 2. The molecule has 0 bridgehead atoms. The molecule has 0 fully saturated rings. The molecule has 2 aliphatic rings. The molecule has 6 heteroatoms. The van der Waals surface area contributed by atoms with Crippen LogP contribution in [0.25, 0.3) is 0 Å². The second-order valence-corrected chi connectivity index (χ2v) is 6.77. The fourth-order valence-corrected chi connectivity index (χ4v) is 4.18. The highest BCUT2D eigenvalue weighted by atomic mass is 79.9. The quantitative estimate of drug-likeness (QED) is 0.783. The summed E-state index contributed by atoms with van der Waals surface area (Å²) in [6.45, 7) is 0.736. The van der Waals surface area contributed by atoms with Crippen LogP contribution in [0, 0.1) is 5.82 Å². The molecule has 1 aromatic heterocycles. The number of hydrogen-bond acceptors (Lipinski definition) is 3. The van der Waals surface area contributed by atoms with E-state index in [-0.39, 0.29) is 17.8 Å². The third-order valence-corrected chi connectivity index (χ3v) is 5.42. The molecular formula is C14H10BrFN2OS. The van der Waals surface area contributed by atoms with Crippen molar-refractivity contribution >= 4 is 44.5 Å². The van der Waals surface area contributed by atoms with Crippen LogP contribution in [0.3, 0.4) is 0 Å². The number of amides is 1. The molecule has 20 heavy (non-hydrogen) atoms. The van der Waals surface area contributed by atoms with E-state index in [2.05, 4.69) is 21.2 Å². The number of nitrogens with one attached hydrogen (secondary N) is 1. The minimum atomic E-state index is -0.335. The largest absolute Gasteiger partial charge is 0.354 e. The first-order valence-corrected chi connectivity index (χ1v) is 7.95. The number of rotatable bonds is 0. The first-order valence-electron chi connectivity index (χ1n) is 6.28. The maximum Gasteiger partial charge on any atom is 0.251 e. The molecule has 4 rings (SSSR count). The Morgan fingerprint density at radius 2 is 2.30 bits per heavy atom. The minimum Gasteiger partial charge on any atom is -0.354 e. The van der Waals surface area contributed by atoms with Gasteiger partial charge in [0.1, 0.15) is 11.9 Å². The summed E-state index contributed by atoms with van der Waals surface area (Å²) >= 11 is 4.84. The maximum absolute atomic E-state index is 13.8. The van der Waals surface area contributed by atoms with Crippen molar-refractivity contribution in [1.82, 2.24) is 0 Å². The summed E-state index contributed by atoms with van der Waals surface area (Å²) < 4.78 is 14.2. The average molecular weight is 353 g/mol. The van der Waals surface area contributed by atoms with Gasteiger partial charge in [0.25, 0.3) is 5.91 Å². The fourth-order valence-electron chi connectivity index (χ4n) is 2.93. The zero-order chi connectivity index (χ0) is 13.9. The van der Waals surface area contributed by atoms with Gasteiger partial charge in [0.15, 0.2) is 0 Å². The molecule has 0 saturated heterocycles. The summed E-state index contributed by atoms with van der Waals surface area (Å²) in [5.74, 6) is -0.356. The van der Waals surface area contributed by atoms with Crippen LogP contribution in [0.15, 0.2) is 28.1 Å². The van der Waals surface area contributed by atoms with Crippen molar-refractivity contribution < 1.29 is 9.18 Å². The number of hydrogen-bond donors (Lipinski definition) is 1. The van der Waals surface area contributed by atoms with Crippen molar-refractivity contribution in [3.8, 4) is 0 Å². The molecule has 0 spiro atoms. The van der Waals surface area contributed by atoms with Gasteiger partial charge in [-0.15, -0.1) is 11.3 Å². The van der Waals surface area contributed by atoms with Crippen LogP contribution in [0.2, 0.25) is 0 Å². The van der Waals surface area contributed by atoms with Crippen LogP contribution in [0.5, 0.6) is 0 Å². The lowest BCUT2D eigenvalue weighted by Gasteiger charge is -2.41. The van der Waals surface area contributed by atoms with E-state index < -0.39 is 0 Å². The summed E-state index contributed by atoms with van der Waals surface area (Å²) in [5, 5.41) is 4.90. The number of thiophene rings is 1. The molecule has 1 aromatic carbocycles. The molecule has 3 heterocycles. The van der Waals surface area contributed by atoms with Crippen molar-refractivity contribution in [2.75, 3.05) is 16.8 Å². The minimum absolute atomic E-state index is 0.0460. The Morgan fingerprint density at radius 1 is 1.45 bits per heavy atom. The second-order valence-electron chi connectivity index (χ2n) is 4.92. The molecule has 3 nitrogen and oxygen atoms in total. The van der Waals surface area contributed by atoms with Gasteiger partial charge < -0.3 is 10.2 Å². The number of benzene rings is 1. The number of carbonyl (C=O) groups is 1. The topological polar surface area (TPSA) is 32.3 Å². The smallest absolute Gasteiger partial charge is 0.251 e. The van der Waals surface area contributed by atoms with Crippen molar-refractivity contribution in [3.05, 3.63) is 44.3 Å². The van der Waals surface area contributed by atoms with Crippen molar-refractivity contribution in [1.29, 1.82) is 0 Å². The van der Waals surface area contributed by atoms with E-state index in [1.54, 1.807) is 17.4 Å². The van der Waals surface area contributed by atoms with Gasteiger partial charge in [-0.05, 0) is 45.4 Å². The molecule has 2 aliphatic heterocycles. The van der Waals surface area contributed by atoms with Crippen molar-refractivity contribution in [3.63, 3.8) is 0 Å². The lowest BCUT2D eigenvalue weighted by Crippen LogP contribution is -2.45. The lowest BCUT2D eigenvalue weighted by atomic mass is 9.95. The first kappa shape index (κ1) is 12.3. The highest BCUT2D eigenvalue weighted by Gasteiger charge is 2.38.